The maximum absolute atomic E-state index is 12.7. The summed E-state index contributed by atoms with van der Waals surface area (Å²) in [6.07, 6.45) is 3.62. The second-order valence-electron chi connectivity index (χ2n) is 9.35. The Labute approximate surface area is 235 Å². The molecule has 206 valence electrons. The van der Waals surface area contributed by atoms with Crippen molar-refractivity contribution < 1.29 is 29.0 Å². The van der Waals surface area contributed by atoms with Crippen LogP contribution in [0.2, 0.25) is 5.02 Å². The van der Waals surface area contributed by atoms with E-state index in [1.54, 1.807) is 17.0 Å². The topological polar surface area (TPSA) is 130 Å². The van der Waals surface area contributed by atoms with E-state index in [9.17, 15) is 14.4 Å². The fourth-order valence-corrected chi connectivity index (χ4v) is 4.81. The number of hydrogen-bond donors (Lipinski definition) is 3. The molecule has 1 atom stereocenters. The number of nitrogens with one attached hydrogen (secondary N) is 2. The monoisotopic (exact) mass is 562 g/mol. The summed E-state index contributed by atoms with van der Waals surface area (Å²) in [5, 5.41) is 14.1. The molecule has 3 aromatic rings. The van der Waals surface area contributed by atoms with Crippen LogP contribution in [0.4, 0.5) is 10.6 Å². The van der Waals surface area contributed by atoms with Crippen LogP contribution in [0.25, 0.3) is 11.1 Å². The van der Waals surface area contributed by atoms with Gasteiger partial charge in [-0.15, -0.1) is 0 Å². The highest BCUT2D eigenvalue weighted by Gasteiger charge is 2.25. The second-order valence-corrected chi connectivity index (χ2v) is 9.75. The Morgan fingerprint density at radius 1 is 1.07 bits per heavy atom. The summed E-state index contributed by atoms with van der Waals surface area (Å²) < 4.78 is 11.3. The summed E-state index contributed by atoms with van der Waals surface area (Å²) in [5.74, 6) is 0.501. The minimum atomic E-state index is -1.20. The molecular weight excluding hydrogens is 536 g/mol. The predicted molar refractivity (Wildman–Crippen MR) is 149 cm³/mol. The van der Waals surface area contributed by atoms with Crippen molar-refractivity contribution in [3.05, 3.63) is 88.6 Å². The number of morpholine rings is 1. The van der Waals surface area contributed by atoms with Gasteiger partial charge < -0.3 is 24.8 Å². The number of carbonyl (C=O) groups is 3. The first-order valence-corrected chi connectivity index (χ1v) is 13.1. The Morgan fingerprint density at radius 2 is 1.85 bits per heavy atom. The van der Waals surface area contributed by atoms with E-state index in [0.717, 1.165) is 22.3 Å². The molecular formula is C29H27ClN4O6. The van der Waals surface area contributed by atoms with E-state index in [4.69, 9.17) is 26.2 Å². The molecule has 2 aromatic carbocycles. The summed E-state index contributed by atoms with van der Waals surface area (Å²) in [6.45, 7) is 2.54. The predicted octanol–water partition coefficient (Wildman–Crippen LogP) is 4.14. The number of aromatic nitrogens is 1. The Balaban J connectivity index is 1.17. The number of anilines is 1. The van der Waals surface area contributed by atoms with Crippen LogP contribution in [0, 0.1) is 0 Å². The van der Waals surface area contributed by atoms with Crippen molar-refractivity contribution in [2.24, 2.45) is 0 Å². The Hall–Kier alpha value is -4.41. The first-order valence-electron chi connectivity index (χ1n) is 12.7. The summed E-state index contributed by atoms with van der Waals surface area (Å²) in [4.78, 5) is 41.5. The third-order valence-corrected chi connectivity index (χ3v) is 6.84. The average Bonchev–Trinajstić information content (AvgIpc) is 3.39. The largest absolute Gasteiger partial charge is 0.484 e. The molecule has 2 aliphatic rings. The first-order chi connectivity index (χ1) is 19.4. The summed E-state index contributed by atoms with van der Waals surface area (Å²) >= 11 is 6.55. The minimum Gasteiger partial charge on any atom is -0.484 e. The average molecular weight is 563 g/mol. The van der Waals surface area contributed by atoms with Crippen molar-refractivity contribution in [3.8, 4) is 16.9 Å². The molecule has 0 saturated carbocycles. The van der Waals surface area contributed by atoms with Gasteiger partial charge >= 0.3 is 6.09 Å². The van der Waals surface area contributed by atoms with Gasteiger partial charge in [0.2, 0.25) is 5.91 Å². The Morgan fingerprint density at radius 3 is 2.55 bits per heavy atom. The van der Waals surface area contributed by atoms with Crippen molar-refractivity contribution in [1.82, 2.24) is 15.2 Å². The molecule has 40 heavy (non-hydrogen) atoms. The number of carbonyl (C=O) groups excluding carboxylic acids is 2. The van der Waals surface area contributed by atoms with Gasteiger partial charge in [-0.1, -0.05) is 29.8 Å². The zero-order valence-electron chi connectivity index (χ0n) is 21.4. The fourth-order valence-electron chi connectivity index (χ4n) is 4.53. The Kier molecular flexibility index (Phi) is 8.28. The van der Waals surface area contributed by atoms with E-state index >= 15 is 0 Å². The van der Waals surface area contributed by atoms with Gasteiger partial charge in [-0.2, -0.15) is 0 Å². The number of rotatable bonds is 7. The van der Waals surface area contributed by atoms with E-state index in [0.29, 0.717) is 49.1 Å². The molecule has 0 radical (unpaired) electrons. The van der Waals surface area contributed by atoms with Crippen LogP contribution < -0.4 is 15.4 Å². The lowest BCUT2D eigenvalue weighted by Gasteiger charge is -2.26. The smallest absolute Gasteiger partial charge is 0.410 e. The van der Waals surface area contributed by atoms with Crippen molar-refractivity contribution in [2.45, 2.75) is 19.1 Å². The van der Waals surface area contributed by atoms with Gasteiger partial charge in [-0.3, -0.25) is 14.9 Å². The molecule has 0 aliphatic carbocycles. The number of fused-ring (bicyclic) bond motifs is 1. The van der Waals surface area contributed by atoms with Gasteiger partial charge in [0, 0.05) is 49.5 Å². The number of halogens is 1. The zero-order valence-corrected chi connectivity index (χ0v) is 22.2. The van der Waals surface area contributed by atoms with Crippen LogP contribution in [-0.4, -0.2) is 65.3 Å². The highest BCUT2D eigenvalue weighted by Crippen LogP contribution is 2.40. The lowest BCUT2D eigenvalue weighted by atomic mass is 9.99. The lowest BCUT2D eigenvalue weighted by molar-refractivity contribution is -0.116. The normalized spacial score (nSPS) is 16.3. The summed E-state index contributed by atoms with van der Waals surface area (Å²) in [6, 6.07) is 14.5. The molecule has 2 aliphatic heterocycles. The third kappa shape index (κ3) is 6.59. The molecule has 1 saturated heterocycles. The highest BCUT2D eigenvalue weighted by molar-refractivity contribution is 6.32. The number of carboxylic acid groups (broad SMARTS) is 1. The van der Waals surface area contributed by atoms with Crippen molar-refractivity contribution in [3.63, 3.8) is 0 Å². The van der Waals surface area contributed by atoms with Gasteiger partial charge in [0.15, 0.2) is 0 Å². The number of nitrogens with zero attached hydrogens (tertiary/aromatic N) is 2. The van der Waals surface area contributed by atoms with Gasteiger partial charge in [0.25, 0.3) is 5.91 Å². The van der Waals surface area contributed by atoms with Gasteiger partial charge in [-0.05, 0) is 53.1 Å². The fraction of sp³-hybridized carbons (Fsp3) is 0.241. The molecule has 3 heterocycles. The SMILES string of the molecule is O=C(O)Nc1ccc(CNC(=O)/C=C/C2Cc3cc(-c4ccc(C(=O)N5CCOCC5)cc4)cc(Cl)c3O2)cn1. The molecule has 1 fully saturated rings. The standard InChI is InChI=1S/C29H27ClN4O6/c30-24-15-21(19-2-4-20(5-3-19)28(36)34-9-11-39-12-10-34)13-22-14-23(40-27(22)24)6-8-26(35)32-17-18-1-7-25(31-16-18)33-29(37)38/h1-8,13,15-16,23H,9-12,14,17H2,(H,31,33)(H,32,35)(H,37,38)/b8-6+. The van der Waals surface area contributed by atoms with E-state index in [2.05, 4.69) is 15.6 Å². The maximum atomic E-state index is 12.7. The quantitative estimate of drug-likeness (QED) is 0.369. The maximum Gasteiger partial charge on any atom is 0.410 e. The molecule has 10 nitrogen and oxygen atoms in total. The molecule has 3 amide bonds. The Bertz CT molecular complexity index is 1440. The van der Waals surface area contributed by atoms with E-state index < -0.39 is 6.09 Å². The van der Waals surface area contributed by atoms with Crippen LogP contribution in [0.15, 0.2) is 66.9 Å². The van der Waals surface area contributed by atoms with Gasteiger partial charge in [0.1, 0.15) is 17.7 Å². The summed E-state index contributed by atoms with van der Waals surface area (Å²) in [7, 11) is 0. The minimum absolute atomic E-state index is 0.00323. The molecule has 1 unspecified atom stereocenters. The lowest BCUT2D eigenvalue weighted by Crippen LogP contribution is -2.40. The number of benzene rings is 2. The number of ether oxygens (including phenoxy) is 2. The summed E-state index contributed by atoms with van der Waals surface area (Å²) in [5.41, 5.74) is 4.14. The molecule has 3 N–H and O–H groups in total. The number of amides is 3. The van der Waals surface area contributed by atoms with Crippen molar-refractivity contribution >= 4 is 35.3 Å². The first kappa shape index (κ1) is 27.2. The third-order valence-electron chi connectivity index (χ3n) is 6.56. The van der Waals surface area contributed by atoms with E-state index in [1.165, 1.54) is 18.3 Å². The highest BCUT2D eigenvalue weighted by atomic mass is 35.5. The second kappa shape index (κ2) is 12.2. The van der Waals surface area contributed by atoms with E-state index in [-0.39, 0.29) is 30.3 Å². The molecule has 11 heteroatoms. The number of hydrogen-bond acceptors (Lipinski definition) is 6. The van der Waals surface area contributed by atoms with Crippen LogP contribution in [-0.2, 0) is 22.5 Å². The van der Waals surface area contributed by atoms with Crippen molar-refractivity contribution in [1.29, 1.82) is 0 Å². The van der Waals surface area contributed by atoms with Crippen LogP contribution in [0.5, 0.6) is 5.75 Å². The van der Waals surface area contributed by atoms with Gasteiger partial charge in [0.05, 0.1) is 18.2 Å². The molecule has 5 rings (SSSR count). The molecule has 0 spiro atoms. The van der Waals surface area contributed by atoms with Crippen LogP contribution >= 0.6 is 11.6 Å². The van der Waals surface area contributed by atoms with Gasteiger partial charge in [-0.25, -0.2) is 9.78 Å². The molecule has 0 bridgehead atoms. The van der Waals surface area contributed by atoms with Crippen molar-refractivity contribution in [2.75, 3.05) is 31.6 Å². The van der Waals surface area contributed by atoms with E-state index in [1.807, 2.05) is 36.4 Å². The zero-order chi connectivity index (χ0) is 28.1. The number of pyridine rings is 1. The van der Waals surface area contributed by atoms with Crippen LogP contribution in [0.1, 0.15) is 21.5 Å². The van der Waals surface area contributed by atoms with Crippen LogP contribution in [0.3, 0.4) is 0 Å². The molecule has 1 aromatic heterocycles.